The molecule has 1 amide bonds. The normalized spacial score (nSPS) is 12.8. The van der Waals surface area contributed by atoms with Crippen molar-refractivity contribution in [3.05, 3.63) is 17.8 Å². The second-order valence-corrected chi connectivity index (χ2v) is 6.58. The smallest absolute Gasteiger partial charge is 0.230 e. The Morgan fingerprint density at radius 2 is 2.21 bits per heavy atom. The van der Waals surface area contributed by atoms with E-state index in [-0.39, 0.29) is 11.9 Å². The van der Waals surface area contributed by atoms with E-state index in [2.05, 4.69) is 29.1 Å². The quantitative estimate of drug-likeness (QED) is 0.680. The molecule has 0 aliphatic carbocycles. The first-order valence-electron chi connectivity index (χ1n) is 6.18. The van der Waals surface area contributed by atoms with Crippen LogP contribution >= 0.6 is 23.1 Å². The van der Waals surface area contributed by atoms with Crippen molar-refractivity contribution >= 4 is 39.2 Å². The molecule has 0 bridgehead atoms. The van der Waals surface area contributed by atoms with Gasteiger partial charge in [0.25, 0.3) is 0 Å². The summed E-state index contributed by atoms with van der Waals surface area (Å²) in [6, 6.07) is 2.16. The number of hydrogen-bond donors (Lipinski definition) is 1. The highest BCUT2D eigenvalue weighted by molar-refractivity contribution is 8.00. The number of carbonyl (C=O) groups is 1. The van der Waals surface area contributed by atoms with Gasteiger partial charge in [-0.1, -0.05) is 25.6 Å². The molecule has 2 aromatic rings. The molecule has 1 N–H and O–H groups in total. The summed E-state index contributed by atoms with van der Waals surface area (Å²) in [7, 11) is 0. The summed E-state index contributed by atoms with van der Waals surface area (Å²) in [5.41, 5.74) is 0.943. The molecule has 6 heteroatoms. The van der Waals surface area contributed by atoms with Crippen molar-refractivity contribution in [1.82, 2.24) is 15.3 Å². The lowest BCUT2D eigenvalue weighted by atomic mass is 10.1. The van der Waals surface area contributed by atoms with Gasteiger partial charge >= 0.3 is 0 Å². The van der Waals surface area contributed by atoms with Crippen molar-refractivity contribution in [3.8, 4) is 0 Å². The number of thiophene rings is 1. The van der Waals surface area contributed by atoms with Gasteiger partial charge in [-0.2, -0.15) is 0 Å². The fraction of sp³-hybridized carbons (Fsp3) is 0.462. The average molecular weight is 295 g/mol. The molecule has 0 aliphatic heterocycles. The summed E-state index contributed by atoms with van der Waals surface area (Å²) >= 11 is 3.07. The second kappa shape index (κ2) is 6.34. The minimum atomic E-state index is 0.0505. The van der Waals surface area contributed by atoms with Crippen LogP contribution in [0.1, 0.15) is 20.8 Å². The Morgan fingerprint density at radius 3 is 2.95 bits per heavy atom. The van der Waals surface area contributed by atoms with Gasteiger partial charge in [-0.05, 0) is 24.3 Å². The van der Waals surface area contributed by atoms with Crippen LogP contribution in [0, 0.1) is 5.92 Å². The van der Waals surface area contributed by atoms with E-state index < -0.39 is 0 Å². The molecule has 1 atom stereocenters. The molecule has 2 heterocycles. The molecular weight excluding hydrogens is 278 g/mol. The number of thioether (sulfide) groups is 1. The van der Waals surface area contributed by atoms with Crippen LogP contribution in [-0.4, -0.2) is 27.7 Å². The number of nitrogens with zero attached hydrogens (tertiary/aromatic N) is 2. The monoisotopic (exact) mass is 295 g/mol. The van der Waals surface area contributed by atoms with E-state index in [1.54, 1.807) is 17.7 Å². The molecule has 2 rings (SSSR count). The third-order valence-electron chi connectivity index (χ3n) is 2.94. The summed E-state index contributed by atoms with van der Waals surface area (Å²) < 4.78 is 1.05. The van der Waals surface area contributed by atoms with Gasteiger partial charge in [0.2, 0.25) is 5.91 Å². The minimum Gasteiger partial charge on any atom is -0.353 e. The standard InChI is InChI=1S/C13H17N3OS2/c1-8(2)9(3)16-11(17)6-19-13-12-10(4-5-18-12)14-7-15-13/h4-5,7-9H,6H2,1-3H3,(H,16,17). The molecule has 0 fully saturated rings. The Hall–Kier alpha value is -1.14. The predicted molar refractivity (Wildman–Crippen MR) is 80.6 cm³/mol. The summed E-state index contributed by atoms with van der Waals surface area (Å²) in [5.74, 6) is 0.882. The Bertz CT molecular complexity index is 568. The Morgan fingerprint density at radius 1 is 1.42 bits per heavy atom. The van der Waals surface area contributed by atoms with Gasteiger partial charge in [0.1, 0.15) is 11.4 Å². The fourth-order valence-electron chi connectivity index (χ4n) is 1.47. The number of aromatic nitrogens is 2. The minimum absolute atomic E-state index is 0.0505. The van der Waals surface area contributed by atoms with Crippen molar-refractivity contribution in [2.45, 2.75) is 31.8 Å². The van der Waals surface area contributed by atoms with Gasteiger partial charge < -0.3 is 5.32 Å². The van der Waals surface area contributed by atoms with Gasteiger partial charge in [-0.25, -0.2) is 9.97 Å². The van der Waals surface area contributed by atoms with Crippen LogP contribution in [0.25, 0.3) is 10.2 Å². The van der Waals surface area contributed by atoms with Gasteiger partial charge in [0.15, 0.2) is 0 Å². The summed E-state index contributed by atoms with van der Waals surface area (Å²) in [5, 5.41) is 5.86. The van der Waals surface area contributed by atoms with Crippen LogP contribution < -0.4 is 5.32 Å². The van der Waals surface area contributed by atoms with Crippen molar-refractivity contribution in [2.24, 2.45) is 5.92 Å². The maximum absolute atomic E-state index is 11.8. The van der Waals surface area contributed by atoms with Crippen LogP contribution in [-0.2, 0) is 4.79 Å². The van der Waals surface area contributed by atoms with Crippen LogP contribution in [0.4, 0.5) is 0 Å². The SMILES string of the molecule is CC(C)C(C)NC(=O)CSc1ncnc2ccsc12. The fourth-order valence-corrected chi connectivity index (χ4v) is 3.22. The maximum atomic E-state index is 11.8. The highest BCUT2D eigenvalue weighted by atomic mass is 32.2. The first-order valence-corrected chi connectivity index (χ1v) is 8.05. The molecule has 0 saturated carbocycles. The van der Waals surface area contributed by atoms with E-state index in [0.29, 0.717) is 11.7 Å². The maximum Gasteiger partial charge on any atom is 0.230 e. The van der Waals surface area contributed by atoms with Crippen molar-refractivity contribution in [3.63, 3.8) is 0 Å². The third-order valence-corrected chi connectivity index (χ3v) is 4.97. The number of rotatable bonds is 5. The Labute approximate surface area is 121 Å². The first kappa shape index (κ1) is 14.3. The van der Waals surface area contributed by atoms with E-state index in [9.17, 15) is 4.79 Å². The molecule has 1 unspecified atom stereocenters. The number of hydrogen-bond acceptors (Lipinski definition) is 5. The highest BCUT2D eigenvalue weighted by Gasteiger charge is 2.12. The summed E-state index contributed by atoms with van der Waals surface area (Å²) in [6.45, 7) is 6.21. The summed E-state index contributed by atoms with van der Waals surface area (Å²) in [6.07, 6.45) is 1.55. The second-order valence-electron chi connectivity index (χ2n) is 4.70. The van der Waals surface area contributed by atoms with Crippen molar-refractivity contribution in [2.75, 3.05) is 5.75 Å². The van der Waals surface area contributed by atoms with E-state index >= 15 is 0 Å². The van der Waals surface area contributed by atoms with Crippen LogP contribution in [0.5, 0.6) is 0 Å². The molecule has 4 nitrogen and oxygen atoms in total. The van der Waals surface area contributed by atoms with Gasteiger partial charge in [-0.3, -0.25) is 4.79 Å². The molecule has 0 saturated heterocycles. The van der Waals surface area contributed by atoms with E-state index in [4.69, 9.17) is 0 Å². The molecule has 0 aliphatic rings. The van der Waals surface area contributed by atoms with E-state index in [0.717, 1.165) is 15.2 Å². The molecule has 0 radical (unpaired) electrons. The zero-order valence-corrected chi connectivity index (χ0v) is 12.8. The number of fused-ring (bicyclic) bond motifs is 1. The number of carbonyl (C=O) groups excluding carboxylic acids is 1. The van der Waals surface area contributed by atoms with Crippen LogP contribution in [0.15, 0.2) is 22.8 Å². The lowest BCUT2D eigenvalue weighted by Crippen LogP contribution is -2.37. The Kier molecular flexibility index (Phi) is 4.76. The molecule has 0 aromatic carbocycles. The topological polar surface area (TPSA) is 54.9 Å². The van der Waals surface area contributed by atoms with Gasteiger partial charge in [-0.15, -0.1) is 11.3 Å². The van der Waals surface area contributed by atoms with Crippen LogP contribution in [0.3, 0.4) is 0 Å². The molecule has 19 heavy (non-hydrogen) atoms. The van der Waals surface area contributed by atoms with Crippen LogP contribution in [0.2, 0.25) is 0 Å². The third kappa shape index (κ3) is 3.67. The largest absolute Gasteiger partial charge is 0.353 e. The lowest BCUT2D eigenvalue weighted by molar-refractivity contribution is -0.119. The summed E-state index contributed by atoms with van der Waals surface area (Å²) in [4.78, 5) is 20.3. The number of nitrogens with one attached hydrogen (secondary N) is 1. The van der Waals surface area contributed by atoms with Crippen molar-refractivity contribution in [1.29, 1.82) is 0 Å². The Balaban J connectivity index is 1.95. The molecular formula is C13H17N3OS2. The zero-order chi connectivity index (χ0) is 13.8. The molecule has 102 valence electrons. The molecule has 2 aromatic heterocycles. The molecule has 0 spiro atoms. The van der Waals surface area contributed by atoms with Crippen molar-refractivity contribution < 1.29 is 4.79 Å². The van der Waals surface area contributed by atoms with E-state index in [1.807, 2.05) is 18.4 Å². The van der Waals surface area contributed by atoms with Gasteiger partial charge in [0, 0.05) is 6.04 Å². The predicted octanol–water partition coefficient (Wildman–Crippen LogP) is 2.94. The lowest BCUT2D eigenvalue weighted by Gasteiger charge is -2.17. The zero-order valence-electron chi connectivity index (χ0n) is 11.2. The first-order chi connectivity index (χ1) is 9.08. The highest BCUT2D eigenvalue weighted by Crippen LogP contribution is 2.28. The van der Waals surface area contributed by atoms with E-state index in [1.165, 1.54) is 11.8 Å². The van der Waals surface area contributed by atoms with Gasteiger partial charge in [0.05, 0.1) is 16.0 Å². The number of amides is 1. The average Bonchev–Trinajstić information content (AvgIpc) is 2.84.